The number of nitrogens with one attached hydrogen (secondary N) is 1. The Kier molecular flexibility index (Phi) is 3.52. The zero-order valence-corrected chi connectivity index (χ0v) is 13.8. The molecule has 0 saturated heterocycles. The van der Waals surface area contributed by atoms with Crippen molar-refractivity contribution in [3.63, 3.8) is 0 Å². The summed E-state index contributed by atoms with van der Waals surface area (Å²) in [6, 6.07) is 14.8. The second-order valence-electron chi connectivity index (χ2n) is 5.00. The summed E-state index contributed by atoms with van der Waals surface area (Å²) in [6.45, 7) is 4.30. The molecule has 20 heavy (non-hydrogen) atoms. The zero-order chi connectivity index (χ0) is 14.3. The number of aryl methyl sites for hydroxylation is 1. The first-order valence-corrected chi connectivity index (χ1v) is 7.73. The second-order valence-corrected chi connectivity index (χ2v) is 6.30. The molecule has 0 aliphatic rings. The molecule has 0 amide bonds. The molecule has 2 nitrogen and oxygen atoms in total. The minimum absolute atomic E-state index is 0.199. The van der Waals surface area contributed by atoms with Gasteiger partial charge < -0.3 is 9.55 Å². The summed E-state index contributed by atoms with van der Waals surface area (Å²) in [6.07, 6.45) is 0. The minimum Gasteiger partial charge on any atom is -0.331 e. The number of aromatic amines is 1. The third-order valence-electron chi connectivity index (χ3n) is 3.68. The summed E-state index contributed by atoms with van der Waals surface area (Å²) < 4.78 is 4.06. The first kappa shape index (κ1) is 13.6. The first-order valence-electron chi connectivity index (χ1n) is 6.53. The quantitative estimate of drug-likeness (QED) is 0.617. The van der Waals surface area contributed by atoms with Gasteiger partial charge in [-0.15, -0.1) is 0 Å². The van der Waals surface area contributed by atoms with Gasteiger partial charge in [0.25, 0.3) is 0 Å². The summed E-state index contributed by atoms with van der Waals surface area (Å²) in [7, 11) is 0. The number of hydrogen-bond donors (Lipinski definition) is 1. The maximum absolute atomic E-state index is 5.51. The van der Waals surface area contributed by atoms with Crippen molar-refractivity contribution in [2.24, 2.45) is 0 Å². The smallest absolute Gasteiger partial charge is 0.178 e. The lowest BCUT2D eigenvalue weighted by atomic mass is 10.1. The fourth-order valence-electron chi connectivity index (χ4n) is 2.62. The lowest BCUT2D eigenvalue weighted by Crippen LogP contribution is -2.07. The van der Waals surface area contributed by atoms with Crippen LogP contribution in [0.2, 0.25) is 0 Å². The van der Waals surface area contributed by atoms with E-state index in [-0.39, 0.29) is 6.04 Å². The monoisotopic (exact) mass is 346 g/mol. The van der Waals surface area contributed by atoms with E-state index < -0.39 is 0 Å². The number of fused-ring (bicyclic) bond motifs is 1. The van der Waals surface area contributed by atoms with Crippen molar-refractivity contribution in [1.82, 2.24) is 9.55 Å². The van der Waals surface area contributed by atoms with Crippen LogP contribution in [0, 0.1) is 11.7 Å². The van der Waals surface area contributed by atoms with E-state index >= 15 is 0 Å². The lowest BCUT2D eigenvalue weighted by Gasteiger charge is -2.16. The fourth-order valence-corrected chi connectivity index (χ4v) is 3.24. The van der Waals surface area contributed by atoms with Crippen LogP contribution < -0.4 is 0 Å². The Morgan fingerprint density at radius 3 is 2.55 bits per heavy atom. The molecule has 3 rings (SSSR count). The third kappa shape index (κ3) is 2.23. The number of hydrogen-bond acceptors (Lipinski definition) is 1. The number of aromatic nitrogens is 2. The standard InChI is InChI=1S/C16H15BrN2S/c1-10-4-3-5-14-15(10)19(16(20)18-14)11(2)12-6-8-13(17)9-7-12/h3-9,11H,1-2H3,(H,18,20). The van der Waals surface area contributed by atoms with Crippen LogP contribution in [0.5, 0.6) is 0 Å². The van der Waals surface area contributed by atoms with Crippen LogP contribution in [0.4, 0.5) is 0 Å². The molecule has 2 aromatic carbocycles. The molecule has 0 aliphatic heterocycles. The molecular weight excluding hydrogens is 332 g/mol. The molecule has 4 heteroatoms. The van der Waals surface area contributed by atoms with E-state index in [1.807, 2.05) is 0 Å². The highest BCUT2D eigenvalue weighted by Crippen LogP contribution is 2.27. The third-order valence-corrected chi connectivity index (χ3v) is 4.51. The number of rotatable bonds is 2. The first-order chi connectivity index (χ1) is 9.58. The van der Waals surface area contributed by atoms with Crippen LogP contribution in [0.1, 0.15) is 24.1 Å². The van der Waals surface area contributed by atoms with Gasteiger partial charge in [0.1, 0.15) is 0 Å². The number of para-hydroxylation sites is 1. The summed E-state index contributed by atoms with van der Waals surface area (Å²) in [5, 5.41) is 0. The van der Waals surface area contributed by atoms with Gasteiger partial charge in [-0.1, -0.05) is 40.2 Å². The Labute approximate surface area is 131 Å². The Morgan fingerprint density at radius 1 is 1.15 bits per heavy atom. The van der Waals surface area contributed by atoms with Crippen LogP contribution in [0.15, 0.2) is 46.9 Å². The summed E-state index contributed by atoms with van der Waals surface area (Å²) in [5.74, 6) is 0. The van der Waals surface area contributed by atoms with E-state index in [1.54, 1.807) is 0 Å². The molecule has 0 saturated carbocycles. The molecule has 1 N–H and O–H groups in total. The van der Waals surface area contributed by atoms with Crippen LogP contribution >= 0.6 is 28.1 Å². The van der Waals surface area contributed by atoms with Gasteiger partial charge in [-0.2, -0.15) is 0 Å². The SMILES string of the molecule is Cc1cccc2[nH]c(=S)n(C(C)c3ccc(Br)cc3)c12. The molecule has 0 radical (unpaired) electrons. The molecule has 102 valence electrons. The molecule has 0 spiro atoms. The van der Waals surface area contributed by atoms with Gasteiger partial charge in [-0.3, -0.25) is 0 Å². The van der Waals surface area contributed by atoms with Crippen LogP contribution in [0.3, 0.4) is 0 Å². The van der Waals surface area contributed by atoms with Crippen molar-refractivity contribution in [1.29, 1.82) is 0 Å². The van der Waals surface area contributed by atoms with Crippen LogP contribution in [-0.4, -0.2) is 9.55 Å². The van der Waals surface area contributed by atoms with E-state index in [4.69, 9.17) is 12.2 Å². The molecule has 3 aromatic rings. The summed E-state index contributed by atoms with van der Waals surface area (Å²) >= 11 is 8.99. The average molecular weight is 347 g/mol. The number of imidazole rings is 1. The van der Waals surface area contributed by atoms with Crippen molar-refractivity contribution in [3.05, 3.63) is 62.8 Å². The van der Waals surface area contributed by atoms with Crippen molar-refractivity contribution < 1.29 is 0 Å². The summed E-state index contributed by atoms with van der Waals surface area (Å²) in [5.41, 5.74) is 4.76. The fraction of sp³-hybridized carbons (Fsp3) is 0.188. The molecule has 1 aromatic heterocycles. The van der Waals surface area contributed by atoms with Crippen molar-refractivity contribution in [3.8, 4) is 0 Å². The van der Waals surface area contributed by atoms with Gasteiger partial charge >= 0.3 is 0 Å². The number of halogens is 1. The van der Waals surface area contributed by atoms with E-state index in [2.05, 4.69) is 81.8 Å². The molecule has 0 bridgehead atoms. The highest BCUT2D eigenvalue weighted by Gasteiger charge is 2.14. The van der Waals surface area contributed by atoms with E-state index in [1.165, 1.54) is 16.6 Å². The van der Waals surface area contributed by atoms with Crippen molar-refractivity contribution in [2.75, 3.05) is 0 Å². The Bertz CT molecular complexity index is 815. The number of H-pyrrole nitrogens is 1. The number of benzene rings is 2. The zero-order valence-electron chi connectivity index (χ0n) is 11.4. The van der Waals surface area contributed by atoms with Crippen molar-refractivity contribution >= 4 is 39.2 Å². The highest BCUT2D eigenvalue weighted by molar-refractivity contribution is 9.10. The van der Waals surface area contributed by atoms with Gasteiger partial charge in [0.15, 0.2) is 4.77 Å². The van der Waals surface area contributed by atoms with Crippen LogP contribution in [-0.2, 0) is 0 Å². The predicted molar refractivity (Wildman–Crippen MR) is 89.8 cm³/mol. The normalized spacial score (nSPS) is 12.8. The maximum Gasteiger partial charge on any atom is 0.178 e. The van der Waals surface area contributed by atoms with Crippen molar-refractivity contribution in [2.45, 2.75) is 19.9 Å². The molecule has 1 atom stereocenters. The molecule has 1 unspecified atom stereocenters. The van der Waals surface area contributed by atoms with Crippen LogP contribution in [0.25, 0.3) is 11.0 Å². The Hall–Kier alpha value is -1.39. The van der Waals surface area contributed by atoms with Gasteiger partial charge in [-0.25, -0.2) is 0 Å². The van der Waals surface area contributed by atoms with Gasteiger partial charge in [0.05, 0.1) is 17.1 Å². The van der Waals surface area contributed by atoms with E-state index in [0.29, 0.717) is 0 Å². The molecule has 0 aliphatic carbocycles. The second kappa shape index (κ2) is 5.19. The molecule has 1 heterocycles. The topological polar surface area (TPSA) is 20.7 Å². The van der Waals surface area contributed by atoms with E-state index in [0.717, 1.165) is 14.8 Å². The minimum atomic E-state index is 0.199. The molecular formula is C16H15BrN2S. The lowest BCUT2D eigenvalue weighted by molar-refractivity contribution is 0.648. The molecule has 0 fully saturated rings. The highest BCUT2D eigenvalue weighted by atomic mass is 79.9. The number of nitrogens with zero attached hydrogens (tertiary/aromatic N) is 1. The predicted octanol–water partition coefficient (Wildman–Crippen LogP) is 5.38. The van der Waals surface area contributed by atoms with Gasteiger partial charge in [0, 0.05) is 4.47 Å². The Balaban J connectivity index is 2.21. The maximum atomic E-state index is 5.51. The average Bonchev–Trinajstić information content (AvgIpc) is 2.76. The van der Waals surface area contributed by atoms with E-state index in [9.17, 15) is 0 Å². The van der Waals surface area contributed by atoms with Gasteiger partial charge in [-0.05, 0) is 55.4 Å². The Morgan fingerprint density at radius 2 is 1.85 bits per heavy atom. The summed E-state index contributed by atoms with van der Waals surface area (Å²) in [4.78, 5) is 3.30. The largest absolute Gasteiger partial charge is 0.331 e. The van der Waals surface area contributed by atoms with Gasteiger partial charge in [0.2, 0.25) is 0 Å².